The predicted molar refractivity (Wildman–Crippen MR) is 181 cm³/mol. The van der Waals surface area contributed by atoms with E-state index in [4.69, 9.17) is 35.3 Å². The molecule has 1 amide bonds. The number of benzene rings is 3. The number of nitrogen functional groups attached to an aromatic ring is 1. The van der Waals surface area contributed by atoms with Crippen LogP contribution in [-0.4, -0.2) is 98.1 Å². The number of morpholine rings is 1. The van der Waals surface area contributed by atoms with Gasteiger partial charge in [0.05, 0.1) is 32.4 Å². The average molecular weight is 625 g/mol. The molecule has 0 radical (unpaired) electrons. The van der Waals surface area contributed by atoms with Crippen LogP contribution in [0.15, 0.2) is 54.6 Å². The minimum atomic E-state index is -0.0896. The van der Waals surface area contributed by atoms with Crippen molar-refractivity contribution in [3.05, 3.63) is 60.2 Å². The molecule has 0 saturated carbocycles. The van der Waals surface area contributed by atoms with Gasteiger partial charge in [0, 0.05) is 65.5 Å². The van der Waals surface area contributed by atoms with E-state index in [0.717, 1.165) is 49.4 Å². The van der Waals surface area contributed by atoms with Crippen LogP contribution in [0, 0.1) is 5.41 Å². The molecule has 0 atom stereocenters. The Morgan fingerprint density at radius 2 is 1.83 bits per heavy atom. The van der Waals surface area contributed by atoms with E-state index < -0.39 is 0 Å². The number of anilines is 4. The standard InChI is InChI=1S/C34H40N8O4/c1-44-30-20-29-27(19-31(30)46-16-13-41-9-2-3-10-41)34(38-26-7-8-28(36)24(18-26)21-35)40-33(39-29)23-5-4-6-25(17-23)37-32(43)22-42-11-14-45-15-12-42/h4-8,17-21,35H,2-3,9-16,22,36H2,1H3,(H,37,43)(H,38,39,40). The SMILES string of the molecule is COc1cc2nc(-c3cccc(NC(=O)CN4CCOCC4)c3)nc(Nc3ccc(N)c(C=N)c3)c2cc1OCCN1CCCC1. The van der Waals surface area contributed by atoms with Gasteiger partial charge < -0.3 is 36.0 Å². The Morgan fingerprint density at radius 1 is 1.00 bits per heavy atom. The number of nitrogens with one attached hydrogen (secondary N) is 3. The quantitative estimate of drug-likeness (QED) is 0.132. The summed E-state index contributed by atoms with van der Waals surface area (Å²) in [5.74, 6) is 2.11. The maximum atomic E-state index is 12.8. The lowest BCUT2D eigenvalue weighted by Gasteiger charge is -2.25. The zero-order chi connectivity index (χ0) is 31.9. The second kappa shape index (κ2) is 14.5. The van der Waals surface area contributed by atoms with E-state index in [9.17, 15) is 4.79 Å². The van der Waals surface area contributed by atoms with Crippen molar-refractivity contribution in [3.8, 4) is 22.9 Å². The number of nitrogens with zero attached hydrogens (tertiary/aromatic N) is 4. The van der Waals surface area contributed by atoms with E-state index in [0.29, 0.717) is 72.0 Å². The van der Waals surface area contributed by atoms with Crippen molar-refractivity contribution in [1.29, 1.82) is 5.41 Å². The molecule has 1 aromatic heterocycles. The molecule has 0 unspecified atom stereocenters. The van der Waals surface area contributed by atoms with Gasteiger partial charge >= 0.3 is 0 Å². The molecule has 6 rings (SSSR count). The molecular formula is C34H40N8O4. The number of amides is 1. The van der Waals surface area contributed by atoms with Crippen LogP contribution >= 0.6 is 0 Å². The number of carbonyl (C=O) groups excluding carboxylic acids is 1. The van der Waals surface area contributed by atoms with Crippen molar-refractivity contribution in [3.63, 3.8) is 0 Å². The highest BCUT2D eigenvalue weighted by Crippen LogP contribution is 2.37. The van der Waals surface area contributed by atoms with E-state index in [-0.39, 0.29) is 5.91 Å². The fourth-order valence-corrected chi connectivity index (χ4v) is 5.74. The van der Waals surface area contributed by atoms with Crippen molar-refractivity contribution in [2.45, 2.75) is 12.8 Å². The fourth-order valence-electron chi connectivity index (χ4n) is 5.74. The molecular weight excluding hydrogens is 584 g/mol. The summed E-state index contributed by atoms with van der Waals surface area (Å²) in [7, 11) is 1.62. The highest BCUT2D eigenvalue weighted by Gasteiger charge is 2.18. The van der Waals surface area contributed by atoms with Gasteiger partial charge in [-0.1, -0.05) is 12.1 Å². The molecule has 0 spiro atoms. The number of hydrogen-bond donors (Lipinski definition) is 4. The fraction of sp³-hybridized carbons (Fsp3) is 0.353. The van der Waals surface area contributed by atoms with Crippen LogP contribution in [0.1, 0.15) is 18.4 Å². The Kier molecular flexibility index (Phi) is 9.87. The average Bonchev–Trinajstić information content (AvgIpc) is 3.59. The lowest BCUT2D eigenvalue weighted by atomic mass is 10.1. The third kappa shape index (κ3) is 7.53. The summed E-state index contributed by atoms with van der Waals surface area (Å²) in [5, 5.41) is 14.9. The topological polar surface area (TPSA) is 151 Å². The van der Waals surface area contributed by atoms with E-state index in [1.165, 1.54) is 19.1 Å². The lowest BCUT2D eigenvalue weighted by molar-refractivity contribution is -0.118. The smallest absolute Gasteiger partial charge is 0.238 e. The summed E-state index contributed by atoms with van der Waals surface area (Å²) in [5.41, 5.74) is 9.92. The highest BCUT2D eigenvalue weighted by atomic mass is 16.5. The van der Waals surface area contributed by atoms with Gasteiger partial charge in [0.1, 0.15) is 12.4 Å². The molecule has 12 nitrogen and oxygen atoms in total. The van der Waals surface area contributed by atoms with Crippen LogP contribution in [0.5, 0.6) is 11.5 Å². The van der Waals surface area contributed by atoms with Crippen molar-refractivity contribution >= 4 is 45.9 Å². The molecule has 5 N–H and O–H groups in total. The van der Waals surface area contributed by atoms with Crippen molar-refractivity contribution in [2.75, 3.05) is 82.6 Å². The first-order valence-corrected chi connectivity index (χ1v) is 15.6. The minimum absolute atomic E-state index is 0.0896. The number of rotatable bonds is 12. The molecule has 2 saturated heterocycles. The van der Waals surface area contributed by atoms with Crippen molar-refractivity contribution in [2.24, 2.45) is 0 Å². The summed E-state index contributed by atoms with van der Waals surface area (Å²) in [6.07, 6.45) is 3.67. The Hall–Kier alpha value is -4.78. The number of aromatic nitrogens is 2. The molecule has 2 aliphatic rings. The zero-order valence-electron chi connectivity index (χ0n) is 26.1. The summed E-state index contributed by atoms with van der Waals surface area (Å²) in [4.78, 5) is 27.1. The van der Waals surface area contributed by atoms with Crippen LogP contribution in [-0.2, 0) is 9.53 Å². The summed E-state index contributed by atoms with van der Waals surface area (Å²) in [6, 6.07) is 16.7. The Balaban J connectivity index is 1.32. The van der Waals surface area contributed by atoms with Crippen LogP contribution in [0.4, 0.5) is 22.9 Å². The first-order valence-electron chi connectivity index (χ1n) is 15.6. The minimum Gasteiger partial charge on any atom is -0.493 e. The molecule has 4 aromatic rings. The van der Waals surface area contributed by atoms with Gasteiger partial charge in [0.15, 0.2) is 17.3 Å². The number of fused-ring (bicyclic) bond motifs is 1. The van der Waals surface area contributed by atoms with E-state index in [1.807, 2.05) is 42.5 Å². The van der Waals surface area contributed by atoms with E-state index in [1.54, 1.807) is 19.2 Å². The maximum absolute atomic E-state index is 12.8. The number of carbonyl (C=O) groups is 1. The number of ether oxygens (including phenoxy) is 3. The number of nitrogens with two attached hydrogens (primary N) is 1. The van der Waals surface area contributed by atoms with Gasteiger partial charge in [0.25, 0.3) is 0 Å². The number of hydrogen-bond acceptors (Lipinski definition) is 11. The van der Waals surface area contributed by atoms with Gasteiger partial charge in [-0.05, 0) is 62.3 Å². The normalized spacial score (nSPS) is 15.5. The van der Waals surface area contributed by atoms with Gasteiger partial charge in [-0.25, -0.2) is 9.97 Å². The monoisotopic (exact) mass is 624 g/mol. The first kappa shape index (κ1) is 31.2. The van der Waals surface area contributed by atoms with Crippen LogP contribution in [0.3, 0.4) is 0 Å². The molecule has 2 aliphatic heterocycles. The molecule has 0 aliphatic carbocycles. The molecule has 3 aromatic carbocycles. The van der Waals surface area contributed by atoms with Gasteiger partial charge in [-0.15, -0.1) is 0 Å². The second-order valence-electron chi connectivity index (χ2n) is 11.4. The van der Waals surface area contributed by atoms with Crippen molar-refractivity contribution in [1.82, 2.24) is 19.8 Å². The number of likely N-dealkylation sites (tertiary alicyclic amines) is 1. The van der Waals surface area contributed by atoms with Crippen molar-refractivity contribution < 1.29 is 19.0 Å². The van der Waals surface area contributed by atoms with Gasteiger partial charge in [-0.3, -0.25) is 14.6 Å². The van der Waals surface area contributed by atoms with E-state index in [2.05, 4.69) is 20.4 Å². The molecule has 3 heterocycles. The third-order valence-electron chi connectivity index (χ3n) is 8.23. The Morgan fingerprint density at radius 3 is 2.61 bits per heavy atom. The molecule has 0 bridgehead atoms. The summed E-state index contributed by atoms with van der Waals surface area (Å²) < 4.78 is 17.4. The Bertz CT molecular complexity index is 1700. The molecule has 2 fully saturated rings. The zero-order valence-corrected chi connectivity index (χ0v) is 26.1. The number of methoxy groups -OCH3 is 1. The highest BCUT2D eigenvalue weighted by molar-refractivity contribution is 5.96. The van der Waals surface area contributed by atoms with Gasteiger partial charge in [0.2, 0.25) is 5.91 Å². The van der Waals surface area contributed by atoms with Crippen LogP contribution in [0.2, 0.25) is 0 Å². The predicted octanol–water partition coefficient (Wildman–Crippen LogP) is 4.37. The largest absolute Gasteiger partial charge is 0.493 e. The maximum Gasteiger partial charge on any atom is 0.238 e. The van der Waals surface area contributed by atoms with E-state index >= 15 is 0 Å². The first-order chi connectivity index (χ1) is 22.5. The van der Waals surface area contributed by atoms with Gasteiger partial charge in [-0.2, -0.15) is 0 Å². The lowest BCUT2D eigenvalue weighted by Crippen LogP contribution is -2.41. The summed E-state index contributed by atoms with van der Waals surface area (Å²) >= 11 is 0. The summed E-state index contributed by atoms with van der Waals surface area (Å²) in [6.45, 7) is 6.62. The third-order valence-corrected chi connectivity index (χ3v) is 8.23. The van der Waals surface area contributed by atoms with Crippen LogP contribution in [0.25, 0.3) is 22.3 Å². The Labute approximate surface area is 268 Å². The second-order valence-corrected chi connectivity index (χ2v) is 11.4. The molecule has 240 valence electrons. The molecule has 12 heteroatoms. The molecule has 46 heavy (non-hydrogen) atoms. The van der Waals surface area contributed by atoms with Crippen LogP contribution < -0.4 is 25.8 Å².